The number of benzene rings is 2. The summed E-state index contributed by atoms with van der Waals surface area (Å²) in [6, 6.07) is 12.2. The van der Waals surface area contributed by atoms with Crippen molar-refractivity contribution in [1.82, 2.24) is 4.90 Å². The van der Waals surface area contributed by atoms with Crippen LogP contribution in [-0.2, 0) is 4.79 Å². The van der Waals surface area contributed by atoms with Crippen LogP contribution >= 0.6 is 0 Å². The Labute approximate surface area is 157 Å². The molecular weight excluding hydrogens is 348 g/mol. The smallest absolute Gasteiger partial charge is 0.252 e. The summed E-state index contributed by atoms with van der Waals surface area (Å²) in [6.07, 6.45) is 0.995. The molecule has 2 aromatic rings. The maximum atomic E-state index is 14.2. The summed E-state index contributed by atoms with van der Waals surface area (Å²) in [7, 11) is 0. The molecule has 27 heavy (non-hydrogen) atoms. The predicted molar refractivity (Wildman–Crippen MR) is 101 cm³/mol. The van der Waals surface area contributed by atoms with Crippen molar-refractivity contribution in [2.75, 3.05) is 6.54 Å². The molecular formula is C22H23F2NO2. The van der Waals surface area contributed by atoms with E-state index >= 15 is 0 Å². The van der Waals surface area contributed by atoms with Crippen LogP contribution in [0.1, 0.15) is 37.4 Å². The third kappa shape index (κ3) is 4.25. The van der Waals surface area contributed by atoms with Gasteiger partial charge in [0.2, 0.25) is 0 Å². The van der Waals surface area contributed by atoms with E-state index in [9.17, 15) is 18.7 Å². The standard InChI is InChI=1S/C22H23F2NO2/c1-14(2)10-21(26)22(27)25-13-16(18-12-17(23)8-9-19(18)24)11-20(25)15-6-4-3-5-7-15/h3-9,11-12,14,20-21,26H,10,13H2,1-2H3/t20?,21-/m0/s1. The molecule has 0 aliphatic carbocycles. The van der Waals surface area contributed by atoms with E-state index in [1.165, 1.54) is 4.90 Å². The molecule has 0 radical (unpaired) electrons. The van der Waals surface area contributed by atoms with E-state index < -0.39 is 29.7 Å². The molecule has 0 saturated heterocycles. The highest BCUT2D eigenvalue weighted by atomic mass is 19.1. The summed E-state index contributed by atoms with van der Waals surface area (Å²) >= 11 is 0. The molecule has 0 saturated carbocycles. The van der Waals surface area contributed by atoms with Crippen molar-refractivity contribution in [2.24, 2.45) is 5.92 Å². The highest BCUT2D eigenvalue weighted by Gasteiger charge is 2.34. The molecule has 1 N–H and O–H groups in total. The highest BCUT2D eigenvalue weighted by Crippen LogP contribution is 2.36. The molecule has 3 rings (SSSR count). The minimum Gasteiger partial charge on any atom is -0.383 e. The molecule has 1 heterocycles. The number of aliphatic hydroxyl groups excluding tert-OH is 1. The van der Waals surface area contributed by atoms with Crippen LogP contribution < -0.4 is 0 Å². The van der Waals surface area contributed by atoms with Gasteiger partial charge in [-0.15, -0.1) is 0 Å². The number of hydrogen-bond donors (Lipinski definition) is 1. The van der Waals surface area contributed by atoms with Gasteiger partial charge in [0.1, 0.15) is 17.7 Å². The minimum atomic E-state index is -1.12. The lowest BCUT2D eigenvalue weighted by atomic mass is 10.0. The summed E-state index contributed by atoms with van der Waals surface area (Å²) in [4.78, 5) is 14.4. The molecule has 142 valence electrons. The lowest BCUT2D eigenvalue weighted by Gasteiger charge is -2.28. The zero-order valence-electron chi connectivity index (χ0n) is 15.4. The van der Waals surface area contributed by atoms with Gasteiger partial charge in [-0.05, 0) is 41.7 Å². The maximum absolute atomic E-state index is 14.2. The van der Waals surface area contributed by atoms with E-state index in [1.54, 1.807) is 6.08 Å². The Morgan fingerprint density at radius 1 is 1.19 bits per heavy atom. The number of carbonyl (C=O) groups excluding carboxylic acids is 1. The summed E-state index contributed by atoms with van der Waals surface area (Å²) in [6.45, 7) is 3.98. The molecule has 2 aromatic carbocycles. The molecule has 1 amide bonds. The molecule has 0 spiro atoms. The SMILES string of the molecule is CC(C)C[C@H](O)C(=O)N1CC(c2cc(F)ccc2F)=CC1c1ccccc1. The van der Waals surface area contributed by atoms with Crippen molar-refractivity contribution in [1.29, 1.82) is 0 Å². The number of amides is 1. The monoisotopic (exact) mass is 371 g/mol. The first-order chi connectivity index (χ1) is 12.9. The zero-order chi connectivity index (χ0) is 19.6. The van der Waals surface area contributed by atoms with Gasteiger partial charge in [-0.3, -0.25) is 4.79 Å². The van der Waals surface area contributed by atoms with Crippen molar-refractivity contribution in [3.05, 3.63) is 77.4 Å². The molecule has 2 atom stereocenters. The van der Waals surface area contributed by atoms with E-state index in [0.717, 1.165) is 23.8 Å². The quantitative estimate of drug-likeness (QED) is 0.849. The van der Waals surface area contributed by atoms with Gasteiger partial charge in [-0.1, -0.05) is 50.3 Å². The van der Waals surface area contributed by atoms with Gasteiger partial charge in [0.15, 0.2) is 0 Å². The van der Waals surface area contributed by atoms with Gasteiger partial charge in [-0.2, -0.15) is 0 Å². The topological polar surface area (TPSA) is 40.5 Å². The Morgan fingerprint density at radius 2 is 1.89 bits per heavy atom. The Bertz CT molecular complexity index is 849. The number of aliphatic hydroxyl groups is 1. The van der Waals surface area contributed by atoms with Crippen LogP contribution in [0.2, 0.25) is 0 Å². The third-order valence-electron chi connectivity index (χ3n) is 4.71. The van der Waals surface area contributed by atoms with Crippen LogP contribution in [0.5, 0.6) is 0 Å². The van der Waals surface area contributed by atoms with Crippen molar-refractivity contribution in [3.63, 3.8) is 0 Å². The average molecular weight is 371 g/mol. The Hall–Kier alpha value is -2.53. The first-order valence-corrected chi connectivity index (χ1v) is 9.06. The van der Waals surface area contributed by atoms with Gasteiger partial charge in [0.25, 0.3) is 5.91 Å². The summed E-state index contributed by atoms with van der Waals surface area (Å²) in [5, 5.41) is 10.3. The Kier molecular flexibility index (Phi) is 5.71. The van der Waals surface area contributed by atoms with Crippen molar-refractivity contribution >= 4 is 11.5 Å². The van der Waals surface area contributed by atoms with E-state index in [0.29, 0.717) is 12.0 Å². The predicted octanol–water partition coefficient (Wildman–Crippen LogP) is 4.34. The second-order valence-electron chi connectivity index (χ2n) is 7.28. The first kappa shape index (κ1) is 19.2. The summed E-state index contributed by atoms with van der Waals surface area (Å²) in [5.41, 5.74) is 1.53. The lowest BCUT2D eigenvalue weighted by Crippen LogP contribution is -2.40. The van der Waals surface area contributed by atoms with Gasteiger partial charge in [-0.25, -0.2) is 8.78 Å². The fourth-order valence-electron chi connectivity index (χ4n) is 3.41. The molecule has 3 nitrogen and oxygen atoms in total. The number of hydrogen-bond acceptors (Lipinski definition) is 2. The fraction of sp³-hybridized carbons (Fsp3) is 0.318. The van der Waals surface area contributed by atoms with E-state index in [2.05, 4.69) is 0 Å². The number of carbonyl (C=O) groups is 1. The van der Waals surface area contributed by atoms with E-state index in [-0.39, 0.29) is 18.0 Å². The van der Waals surface area contributed by atoms with Gasteiger partial charge in [0.05, 0.1) is 6.04 Å². The molecule has 0 aromatic heterocycles. The number of rotatable bonds is 5. The van der Waals surface area contributed by atoms with Gasteiger partial charge < -0.3 is 10.0 Å². The van der Waals surface area contributed by atoms with Gasteiger partial charge >= 0.3 is 0 Å². The van der Waals surface area contributed by atoms with Crippen LogP contribution in [0.4, 0.5) is 8.78 Å². The van der Waals surface area contributed by atoms with E-state index in [4.69, 9.17) is 0 Å². The summed E-state index contributed by atoms with van der Waals surface area (Å²) in [5.74, 6) is -1.31. The normalized spacial score (nSPS) is 17.9. The minimum absolute atomic E-state index is 0.119. The van der Waals surface area contributed by atoms with E-state index in [1.807, 2.05) is 44.2 Å². The largest absolute Gasteiger partial charge is 0.383 e. The molecule has 1 aliphatic rings. The van der Waals surface area contributed by atoms with Crippen molar-refractivity contribution in [3.8, 4) is 0 Å². The number of nitrogens with zero attached hydrogens (tertiary/aromatic N) is 1. The van der Waals surface area contributed by atoms with Crippen molar-refractivity contribution < 1.29 is 18.7 Å². The van der Waals surface area contributed by atoms with Gasteiger partial charge in [0, 0.05) is 12.1 Å². The number of halogens is 2. The lowest BCUT2D eigenvalue weighted by molar-refractivity contribution is -0.141. The molecule has 0 fully saturated rings. The average Bonchev–Trinajstić information content (AvgIpc) is 3.08. The molecule has 1 unspecified atom stereocenters. The third-order valence-corrected chi connectivity index (χ3v) is 4.71. The molecule has 5 heteroatoms. The first-order valence-electron chi connectivity index (χ1n) is 9.06. The Morgan fingerprint density at radius 3 is 2.56 bits per heavy atom. The molecule has 1 aliphatic heterocycles. The highest BCUT2D eigenvalue weighted by molar-refractivity contribution is 5.86. The zero-order valence-corrected chi connectivity index (χ0v) is 15.4. The Balaban J connectivity index is 1.97. The van der Waals surface area contributed by atoms with Crippen molar-refractivity contribution in [2.45, 2.75) is 32.4 Å². The van der Waals surface area contributed by atoms with Crippen LogP contribution in [0.3, 0.4) is 0 Å². The van der Waals surface area contributed by atoms with Crippen LogP contribution in [-0.4, -0.2) is 28.6 Å². The summed E-state index contributed by atoms with van der Waals surface area (Å²) < 4.78 is 27.9. The molecule has 0 bridgehead atoms. The fourth-order valence-corrected chi connectivity index (χ4v) is 3.41. The van der Waals surface area contributed by atoms with Crippen LogP contribution in [0.25, 0.3) is 5.57 Å². The second kappa shape index (κ2) is 8.01. The second-order valence-corrected chi connectivity index (χ2v) is 7.28. The van der Waals surface area contributed by atoms with Crippen LogP contribution in [0.15, 0.2) is 54.6 Å². The van der Waals surface area contributed by atoms with Crippen LogP contribution in [0, 0.1) is 17.6 Å². The maximum Gasteiger partial charge on any atom is 0.252 e.